The first kappa shape index (κ1) is 21.7. The summed E-state index contributed by atoms with van der Waals surface area (Å²) in [4.78, 5) is 1.61. The van der Waals surface area contributed by atoms with Crippen LogP contribution in [0.25, 0.3) is 11.0 Å². The number of hydrogen-bond donors (Lipinski definition) is 2. The first-order valence-corrected chi connectivity index (χ1v) is 13.1. The van der Waals surface area contributed by atoms with Crippen LogP contribution in [-0.4, -0.2) is 16.8 Å². The molecule has 0 bridgehead atoms. The largest absolute Gasteiger partial charge is 0.443 e. The van der Waals surface area contributed by atoms with E-state index in [-0.39, 0.29) is 26.4 Å². The second-order valence-corrected chi connectivity index (χ2v) is 11.9. The second kappa shape index (κ2) is 7.86. The van der Waals surface area contributed by atoms with Crippen LogP contribution in [0, 0.1) is 13.8 Å². The fourth-order valence-electron chi connectivity index (χ4n) is 3.05. The van der Waals surface area contributed by atoms with Gasteiger partial charge in [0.1, 0.15) is 10.5 Å². The van der Waals surface area contributed by atoms with Gasteiger partial charge >= 0.3 is 0 Å². The zero-order valence-electron chi connectivity index (χ0n) is 16.3. The maximum atomic E-state index is 12.9. The van der Waals surface area contributed by atoms with Gasteiger partial charge in [0, 0.05) is 26.2 Å². The van der Waals surface area contributed by atoms with E-state index in [1.165, 1.54) is 35.6 Å². The molecule has 7 nitrogen and oxygen atoms in total. The summed E-state index contributed by atoms with van der Waals surface area (Å²) in [6.07, 6.45) is 0. The minimum absolute atomic E-state index is 0.0267. The highest BCUT2D eigenvalue weighted by Gasteiger charge is 2.24. The summed E-state index contributed by atoms with van der Waals surface area (Å²) in [5, 5.41) is 0.554. The van der Waals surface area contributed by atoms with Gasteiger partial charge in [0.2, 0.25) is 5.09 Å². The third-order valence-corrected chi connectivity index (χ3v) is 8.46. The van der Waals surface area contributed by atoms with Gasteiger partial charge in [-0.2, -0.15) is 8.42 Å². The molecule has 0 saturated carbocycles. The number of anilines is 2. The predicted molar refractivity (Wildman–Crippen MR) is 123 cm³/mol. The summed E-state index contributed by atoms with van der Waals surface area (Å²) in [5.74, 6) is 0. The van der Waals surface area contributed by atoms with Crippen molar-refractivity contribution in [1.82, 2.24) is 0 Å². The topological polar surface area (TPSA) is 105 Å². The van der Waals surface area contributed by atoms with Crippen LogP contribution in [0.2, 0.25) is 5.02 Å². The lowest BCUT2D eigenvalue weighted by molar-refractivity contribution is 0.484. The number of aryl methyl sites for hydroxylation is 2. The minimum atomic E-state index is -4.15. The number of halogens is 1. The number of benzene rings is 2. The summed E-state index contributed by atoms with van der Waals surface area (Å²) in [6.45, 7) is 3.52. The fourth-order valence-corrected chi connectivity index (χ4v) is 6.90. The van der Waals surface area contributed by atoms with E-state index in [2.05, 4.69) is 9.44 Å². The van der Waals surface area contributed by atoms with Crippen molar-refractivity contribution in [3.05, 3.63) is 69.4 Å². The van der Waals surface area contributed by atoms with E-state index in [0.29, 0.717) is 15.8 Å². The Bertz CT molecular complexity index is 1470. The van der Waals surface area contributed by atoms with Crippen molar-refractivity contribution in [3.63, 3.8) is 0 Å². The Labute approximate surface area is 188 Å². The molecule has 0 atom stereocenters. The zero-order valence-corrected chi connectivity index (χ0v) is 19.5. The maximum Gasteiger partial charge on any atom is 0.295 e. The fraction of sp³-hybridized carbons (Fsp3) is 0.100. The average Bonchev–Trinajstić information content (AvgIpc) is 3.27. The van der Waals surface area contributed by atoms with Crippen LogP contribution in [0.15, 0.2) is 69.0 Å². The van der Waals surface area contributed by atoms with Gasteiger partial charge in [-0.25, -0.2) is 8.42 Å². The molecule has 4 aromatic rings. The summed E-state index contributed by atoms with van der Waals surface area (Å²) >= 11 is 7.40. The minimum Gasteiger partial charge on any atom is -0.443 e. The highest BCUT2D eigenvalue weighted by atomic mass is 35.5. The molecule has 0 aliphatic rings. The SMILES string of the molecule is Cc1cc(S(=O)(=O)Nc2ccc(Cl)cc2NS(=O)(=O)c2cc3ccccc3o2)c(C)s1. The van der Waals surface area contributed by atoms with Crippen LogP contribution in [0.4, 0.5) is 11.4 Å². The average molecular weight is 497 g/mol. The number of para-hydroxylation sites is 1. The van der Waals surface area contributed by atoms with Gasteiger partial charge in [-0.05, 0) is 44.2 Å². The molecule has 0 aliphatic carbocycles. The zero-order chi connectivity index (χ0) is 22.4. The van der Waals surface area contributed by atoms with Gasteiger partial charge in [-0.15, -0.1) is 11.3 Å². The van der Waals surface area contributed by atoms with Gasteiger partial charge in [-0.1, -0.05) is 29.8 Å². The number of thiophene rings is 1. The van der Waals surface area contributed by atoms with Gasteiger partial charge in [0.15, 0.2) is 0 Å². The van der Waals surface area contributed by atoms with Crippen molar-refractivity contribution in [2.24, 2.45) is 0 Å². The lowest BCUT2D eigenvalue weighted by atomic mass is 10.3. The van der Waals surface area contributed by atoms with E-state index in [0.717, 1.165) is 4.88 Å². The summed E-state index contributed by atoms with van der Waals surface area (Å²) in [5.41, 5.74) is 0.423. The van der Waals surface area contributed by atoms with E-state index < -0.39 is 20.0 Å². The van der Waals surface area contributed by atoms with Crippen molar-refractivity contribution in [3.8, 4) is 0 Å². The molecule has 0 unspecified atom stereocenters. The Balaban J connectivity index is 1.71. The second-order valence-electron chi connectivity index (χ2n) is 6.78. The number of sulfonamides is 2. The first-order valence-electron chi connectivity index (χ1n) is 8.96. The predicted octanol–water partition coefficient (Wildman–Crippen LogP) is 5.37. The highest BCUT2D eigenvalue weighted by Crippen LogP contribution is 2.33. The van der Waals surface area contributed by atoms with Crippen LogP contribution in [0.5, 0.6) is 0 Å². The third kappa shape index (κ3) is 4.42. The van der Waals surface area contributed by atoms with Crippen LogP contribution >= 0.6 is 22.9 Å². The summed E-state index contributed by atoms with van der Waals surface area (Å²) in [7, 11) is -8.09. The molecule has 0 radical (unpaired) electrons. The molecule has 2 heterocycles. The standard InChI is InChI=1S/C20H17ClN2O5S3/c1-12-9-19(13(2)29-12)30(24,25)22-16-8-7-15(21)11-17(16)23-31(26,27)20-10-14-5-3-4-6-18(14)28-20/h3-11,22-23H,1-2H3. The molecule has 31 heavy (non-hydrogen) atoms. The van der Waals surface area contributed by atoms with Crippen LogP contribution in [0.3, 0.4) is 0 Å². The lowest BCUT2D eigenvalue weighted by Crippen LogP contribution is -2.17. The molecule has 0 aliphatic heterocycles. The Morgan fingerprint density at radius 1 is 0.871 bits per heavy atom. The van der Waals surface area contributed by atoms with E-state index >= 15 is 0 Å². The Morgan fingerprint density at radius 3 is 2.26 bits per heavy atom. The van der Waals surface area contributed by atoms with Crippen molar-refractivity contribution < 1.29 is 21.3 Å². The van der Waals surface area contributed by atoms with Crippen LogP contribution < -0.4 is 9.44 Å². The smallest absolute Gasteiger partial charge is 0.295 e. The molecule has 2 N–H and O–H groups in total. The van der Waals surface area contributed by atoms with Gasteiger partial charge in [0.05, 0.1) is 11.4 Å². The van der Waals surface area contributed by atoms with Gasteiger partial charge in [0.25, 0.3) is 20.0 Å². The van der Waals surface area contributed by atoms with Crippen LogP contribution in [-0.2, 0) is 20.0 Å². The molecular weight excluding hydrogens is 480 g/mol. The van der Waals surface area contributed by atoms with Crippen molar-refractivity contribution in [2.75, 3.05) is 9.44 Å². The quantitative estimate of drug-likeness (QED) is 0.373. The third-order valence-electron chi connectivity index (χ3n) is 4.42. The van der Waals surface area contributed by atoms with Gasteiger partial charge in [-0.3, -0.25) is 9.44 Å². The summed E-state index contributed by atoms with van der Waals surface area (Å²) in [6, 6.07) is 14.0. The lowest BCUT2D eigenvalue weighted by Gasteiger charge is -2.14. The molecule has 4 rings (SSSR count). The molecule has 0 spiro atoms. The Hall–Kier alpha value is -2.53. The normalized spacial score (nSPS) is 12.2. The molecule has 162 valence electrons. The monoisotopic (exact) mass is 496 g/mol. The number of nitrogens with one attached hydrogen (secondary N) is 2. The Kier molecular flexibility index (Phi) is 5.50. The van der Waals surface area contributed by atoms with E-state index in [4.69, 9.17) is 16.0 Å². The maximum absolute atomic E-state index is 12.9. The summed E-state index contributed by atoms with van der Waals surface area (Å²) < 4.78 is 61.9. The van der Waals surface area contributed by atoms with Gasteiger partial charge < -0.3 is 4.42 Å². The number of fused-ring (bicyclic) bond motifs is 1. The molecule has 0 saturated heterocycles. The molecular formula is C20H17ClN2O5S3. The first-order chi connectivity index (χ1) is 14.5. The van der Waals surface area contributed by atoms with Crippen molar-refractivity contribution in [2.45, 2.75) is 23.8 Å². The number of furan rings is 1. The highest BCUT2D eigenvalue weighted by molar-refractivity contribution is 7.93. The Morgan fingerprint density at radius 2 is 1.58 bits per heavy atom. The van der Waals surface area contributed by atoms with E-state index in [1.807, 2.05) is 6.92 Å². The molecule has 2 aromatic heterocycles. The molecule has 0 amide bonds. The molecule has 11 heteroatoms. The van der Waals surface area contributed by atoms with E-state index in [1.54, 1.807) is 37.3 Å². The van der Waals surface area contributed by atoms with E-state index in [9.17, 15) is 16.8 Å². The number of hydrogen-bond acceptors (Lipinski definition) is 6. The van der Waals surface area contributed by atoms with Crippen molar-refractivity contribution in [1.29, 1.82) is 0 Å². The molecule has 0 fully saturated rings. The molecule has 2 aromatic carbocycles. The van der Waals surface area contributed by atoms with Crippen molar-refractivity contribution >= 4 is 65.3 Å². The van der Waals surface area contributed by atoms with Crippen LogP contribution in [0.1, 0.15) is 9.75 Å². The number of rotatable bonds is 6.